The van der Waals surface area contributed by atoms with Crippen molar-refractivity contribution in [3.05, 3.63) is 23.2 Å². The van der Waals surface area contributed by atoms with Crippen molar-refractivity contribution < 1.29 is 23.0 Å². The second kappa shape index (κ2) is 7.02. The summed E-state index contributed by atoms with van der Waals surface area (Å²) in [5, 5.41) is 2.60. The molecule has 1 aliphatic rings. The van der Waals surface area contributed by atoms with Crippen molar-refractivity contribution in [2.45, 2.75) is 31.7 Å². The van der Waals surface area contributed by atoms with Crippen LogP contribution in [0.2, 0.25) is 5.02 Å². The maximum absolute atomic E-state index is 12.1. The van der Waals surface area contributed by atoms with E-state index in [1.807, 2.05) is 0 Å². The van der Waals surface area contributed by atoms with E-state index in [-0.39, 0.29) is 22.8 Å². The first-order valence-corrected chi connectivity index (χ1v) is 6.78. The third kappa shape index (κ3) is 4.26. The molecule has 1 aliphatic heterocycles. The Kier molecular flexibility index (Phi) is 5.33. The number of alkyl halides is 2. The first kappa shape index (κ1) is 15.9. The second-order valence-electron chi connectivity index (χ2n) is 4.57. The molecule has 116 valence electrons. The van der Waals surface area contributed by atoms with Gasteiger partial charge in [0.15, 0.2) is 0 Å². The minimum absolute atomic E-state index is 0.0136. The fourth-order valence-corrected chi connectivity index (χ4v) is 2.29. The van der Waals surface area contributed by atoms with E-state index in [1.54, 1.807) is 0 Å². The van der Waals surface area contributed by atoms with Crippen LogP contribution in [0.4, 0.5) is 14.5 Å². The van der Waals surface area contributed by atoms with E-state index in [0.717, 1.165) is 6.42 Å². The lowest BCUT2D eigenvalue weighted by Gasteiger charge is -2.13. The number of carbonyl (C=O) groups excluding carboxylic acids is 1. The molecule has 1 saturated heterocycles. The predicted octanol–water partition coefficient (Wildman–Crippen LogP) is 2.39. The summed E-state index contributed by atoms with van der Waals surface area (Å²) < 4.78 is 33.9. The molecule has 1 amide bonds. The average molecular weight is 321 g/mol. The molecular formula is C13H15ClF2N2O3. The van der Waals surface area contributed by atoms with Crippen molar-refractivity contribution in [2.24, 2.45) is 5.73 Å². The summed E-state index contributed by atoms with van der Waals surface area (Å²) in [6.45, 7) is -2.59. The number of benzene rings is 1. The van der Waals surface area contributed by atoms with E-state index in [1.165, 1.54) is 18.2 Å². The van der Waals surface area contributed by atoms with Gasteiger partial charge in [-0.15, -0.1) is 0 Å². The fraction of sp³-hybridized carbons (Fsp3) is 0.462. The van der Waals surface area contributed by atoms with Crippen LogP contribution in [0.15, 0.2) is 18.2 Å². The number of hydrogen-bond donors (Lipinski definition) is 2. The van der Waals surface area contributed by atoms with Gasteiger partial charge in [-0.25, -0.2) is 0 Å². The largest absolute Gasteiger partial charge is 0.433 e. The van der Waals surface area contributed by atoms with Crippen LogP contribution >= 0.6 is 11.6 Å². The van der Waals surface area contributed by atoms with Crippen molar-refractivity contribution in [3.63, 3.8) is 0 Å². The molecule has 5 nitrogen and oxygen atoms in total. The number of rotatable bonds is 5. The highest BCUT2D eigenvalue weighted by atomic mass is 35.5. The number of ether oxygens (including phenoxy) is 2. The first-order chi connectivity index (χ1) is 9.99. The molecule has 0 radical (unpaired) electrons. The van der Waals surface area contributed by atoms with E-state index in [0.29, 0.717) is 18.7 Å². The maximum Gasteiger partial charge on any atom is 0.387 e. The topological polar surface area (TPSA) is 73.6 Å². The van der Waals surface area contributed by atoms with Gasteiger partial charge in [-0.1, -0.05) is 11.6 Å². The van der Waals surface area contributed by atoms with Crippen LogP contribution in [0.1, 0.15) is 12.8 Å². The van der Waals surface area contributed by atoms with Crippen molar-refractivity contribution in [1.82, 2.24) is 0 Å². The lowest BCUT2D eigenvalue weighted by Crippen LogP contribution is -2.29. The number of anilines is 1. The molecule has 2 rings (SSSR count). The van der Waals surface area contributed by atoms with Crippen molar-refractivity contribution in [2.75, 3.05) is 11.9 Å². The fourth-order valence-electron chi connectivity index (χ4n) is 2.06. The second-order valence-corrected chi connectivity index (χ2v) is 4.98. The van der Waals surface area contributed by atoms with Gasteiger partial charge in [0.05, 0.1) is 11.1 Å². The van der Waals surface area contributed by atoms with Crippen LogP contribution in [0.3, 0.4) is 0 Å². The summed E-state index contributed by atoms with van der Waals surface area (Å²) >= 11 is 5.80. The third-order valence-corrected chi connectivity index (χ3v) is 3.37. The lowest BCUT2D eigenvalue weighted by atomic mass is 10.2. The zero-order chi connectivity index (χ0) is 15.4. The summed E-state index contributed by atoms with van der Waals surface area (Å²) in [5.41, 5.74) is 5.86. The van der Waals surface area contributed by atoms with E-state index in [2.05, 4.69) is 10.1 Å². The zero-order valence-corrected chi connectivity index (χ0v) is 11.8. The van der Waals surface area contributed by atoms with E-state index < -0.39 is 12.7 Å². The normalized spacial score (nSPS) is 21.6. The highest BCUT2D eigenvalue weighted by Gasteiger charge is 2.29. The quantitative estimate of drug-likeness (QED) is 0.873. The molecule has 1 aromatic rings. The number of nitrogens with one attached hydrogen (secondary N) is 1. The van der Waals surface area contributed by atoms with Gasteiger partial charge in [0.25, 0.3) is 5.91 Å². The molecule has 0 spiro atoms. The van der Waals surface area contributed by atoms with Crippen LogP contribution in [-0.2, 0) is 9.53 Å². The molecule has 0 aliphatic carbocycles. The Hall–Kier alpha value is -1.44. The molecule has 1 fully saturated rings. The molecule has 0 bridgehead atoms. The Morgan fingerprint density at radius 2 is 2.29 bits per heavy atom. The molecule has 0 aromatic heterocycles. The minimum Gasteiger partial charge on any atom is -0.433 e. The van der Waals surface area contributed by atoms with Gasteiger partial charge in [0.1, 0.15) is 11.9 Å². The summed E-state index contributed by atoms with van der Waals surface area (Å²) in [6, 6.07) is 4.03. The summed E-state index contributed by atoms with van der Waals surface area (Å²) in [6.07, 6.45) is 0.658. The molecule has 0 unspecified atom stereocenters. The van der Waals surface area contributed by atoms with Crippen molar-refractivity contribution in [1.29, 1.82) is 0 Å². The highest BCUT2D eigenvalue weighted by molar-refractivity contribution is 6.32. The van der Waals surface area contributed by atoms with E-state index >= 15 is 0 Å². The molecule has 1 heterocycles. The van der Waals surface area contributed by atoms with Crippen molar-refractivity contribution >= 4 is 23.2 Å². The Morgan fingerprint density at radius 3 is 2.86 bits per heavy atom. The van der Waals surface area contributed by atoms with Gasteiger partial charge in [-0.05, 0) is 31.0 Å². The van der Waals surface area contributed by atoms with Crippen LogP contribution in [0.25, 0.3) is 0 Å². The average Bonchev–Trinajstić information content (AvgIpc) is 2.90. The number of hydrogen-bond acceptors (Lipinski definition) is 4. The predicted molar refractivity (Wildman–Crippen MR) is 73.7 cm³/mol. The Morgan fingerprint density at radius 1 is 1.52 bits per heavy atom. The minimum atomic E-state index is -2.96. The third-order valence-electron chi connectivity index (χ3n) is 3.08. The lowest BCUT2D eigenvalue weighted by molar-refractivity contribution is -0.126. The first-order valence-electron chi connectivity index (χ1n) is 6.40. The van der Waals surface area contributed by atoms with Gasteiger partial charge in [0, 0.05) is 12.2 Å². The molecule has 8 heteroatoms. The summed E-state index contributed by atoms with van der Waals surface area (Å²) in [7, 11) is 0. The van der Waals surface area contributed by atoms with Crippen LogP contribution in [0, 0.1) is 0 Å². The molecule has 2 atom stereocenters. The number of amides is 1. The van der Waals surface area contributed by atoms with Gasteiger partial charge in [-0.2, -0.15) is 8.78 Å². The molecule has 3 N–H and O–H groups in total. The Balaban J connectivity index is 1.97. The molecule has 21 heavy (non-hydrogen) atoms. The van der Waals surface area contributed by atoms with Crippen LogP contribution < -0.4 is 15.8 Å². The van der Waals surface area contributed by atoms with Gasteiger partial charge >= 0.3 is 6.61 Å². The van der Waals surface area contributed by atoms with Crippen LogP contribution in [-0.4, -0.2) is 31.3 Å². The number of nitrogens with two attached hydrogens (primary N) is 1. The van der Waals surface area contributed by atoms with Gasteiger partial charge in [-0.3, -0.25) is 4.79 Å². The Labute approximate surface area is 125 Å². The number of halogens is 3. The van der Waals surface area contributed by atoms with Crippen molar-refractivity contribution in [3.8, 4) is 5.75 Å². The maximum atomic E-state index is 12.1. The highest BCUT2D eigenvalue weighted by Crippen LogP contribution is 2.29. The number of carbonyl (C=O) groups is 1. The molecule has 0 saturated carbocycles. The van der Waals surface area contributed by atoms with Gasteiger partial charge in [0.2, 0.25) is 0 Å². The van der Waals surface area contributed by atoms with E-state index in [4.69, 9.17) is 22.1 Å². The molecule has 1 aromatic carbocycles. The summed E-state index contributed by atoms with van der Waals surface area (Å²) in [5.74, 6) is -0.463. The zero-order valence-electron chi connectivity index (χ0n) is 11.0. The standard InChI is InChI=1S/C13H15ClF2N2O3/c14-9-5-7(1-3-10(9)21-13(15)16)18-12(19)11-4-2-8(6-17)20-11/h1,3,5,8,11,13H,2,4,6,17H2,(H,18,19)/t8-,11+/m1/s1. The van der Waals surface area contributed by atoms with Crippen LogP contribution in [0.5, 0.6) is 5.75 Å². The molecular weight excluding hydrogens is 306 g/mol. The smallest absolute Gasteiger partial charge is 0.387 e. The monoisotopic (exact) mass is 320 g/mol. The van der Waals surface area contributed by atoms with E-state index in [9.17, 15) is 13.6 Å². The van der Waals surface area contributed by atoms with Gasteiger partial charge < -0.3 is 20.5 Å². The Bertz CT molecular complexity index is 516. The SMILES string of the molecule is NC[C@H]1CC[C@@H](C(=O)Nc2ccc(OC(F)F)c(Cl)c2)O1. The summed E-state index contributed by atoms with van der Waals surface area (Å²) in [4.78, 5) is 12.0.